The van der Waals surface area contributed by atoms with Crippen molar-refractivity contribution in [2.24, 2.45) is 0 Å². The van der Waals surface area contributed by atoms with Crippen molar-refractivity contribution < 1.29 is 13.9 Å². The number of piperidine rings is 1. The van der Waals surface area contributed by atoms with Gasteiger partial charge in [0.05, 0.1) is 18.7 Å². The molecule has 1 aromatic carbocycles. The van der Waals surface area contributed by atoms with Crippen molar-refractivity contribution in [3.05, 3.63) is 42.0 Å². The van der Waals surface area contributed by atoms with Crippen LogP contribution in [0.25, 0.3) is 11.1 Å². The van der Waals surface area contributed by atoms with Gasteiger partial charge in [-0.3, -0.25) is 4.79 Å². The monoisotopic (exact) mass is 386 g/mol. The normalized spacial score (nSPS) is 16.9. The third-order valence-electron chi connectivity index (χ3n) is 5.04. The van der Waals surface area contributed by atoms with Gasteiger partial charge in [0.1, 0.15) is 5.82 Å². The Balaban J connectivity index is 1.92. The number of aromatic nitrogens is 2. The number of carbonyl (C=O) groups is 1. The number of likely N-dealkylation sites (tertiary alicyclic amines) is 1. The van der Waals surface area contributed by atoms with Crippen LogP contribution in [0.15, 0.2) is 30.5 Å². The number of hydrogen-bond acceptors (Lipinski definition) is 5. The second kappa shape index (κ2) is 9.10. The summed E-state index contributed by atoms with van der Waals surface area (Å²) in [5.41, 5.74) is 2.68. The first-order valence-corrected chi connectivity index (χ1v) is 9.56. The fourth-order valence-corrected chi connectivity index (χ4v) is 3.54. The first-order chi connectivity index (χ1) is 13.5. The van der Waals surface area contributed by atoms with Gasteiger partial charge in [0, 0.05) is 52.0 Å². The quantitative estimate of drug-likeness (QED) is 0.764. The summed E-state index contributed by atoms with van der Waals surface area (Å²) in [5.74, 6) is 0.575. The molecule has 1 atom stereocenters. The molecular weight excluding hydrogens is 359 g/mol. The molecule has 6 nitrogen and oxygen atoms in total. The van der Waals surface area contributed by atoms with Gasteiger partial charge >= 0.3 is 0 Å². The fourth-order valence-electron chi connectivity index (χ4n) is 3.54. The zero-order valence-corrected chi connectivity index (χ0v) is 16.7. The average Bonchev–Trinajstić information content (AvgIpc) is 2.72. The van der Waals surface area contributed by atoms with Crippen molar-refractivity contribution in [2.45, 2.75) is 25.2 Å². The van der Waals surface area contributed by atoms with Crippen LogP contribution in [0.3, 0.4) is 0 Å². The zero-order chi connectivity index (χ0) is 20.1. The van der Waals surface area contributed by atoms with E-state index in [-0.39, 0.29) is 17.6 Å². The zero-order valence-electron chi connectivity index (χ0n) is 16.7. The van der Waals surface area contributed by atoms with E-state index in [1.807, 2.05) is 23.9 Å². The first-order valence-electron chi connectivity index (χ1n) is 9.56. The molecule has 0 unspecified atom stereocenters. The van der Waals surface area contributed by atoms with Crippen LogP contribution in [0.5, 0.6) is 0 Å². The van der Waals surface area contributed by atoms with Crippen molar-refractivity contribution in [2.75, 3.05) is 45.8 Å². The highest BCUT2D eigenvalue weighted by atomic mass is 19.1. The van der Waals surface area contributed by atoms with E-state index in [0.29, 0.717) is 25.5 Å². The van der Waals surface area contributed by atoms with Crippen molar-refractivity contribution in [1.82, 2.24) is 14.9 Å². The maximum Gasteiger partial charge on any atom is 0.225 e. The minimum absolute atomic E-state index is 0.108. The molecule has 1 aromatic heterocycles. The number of hydrogen-bond donors (Lipinski definition) is 0. The van der Waals surface area contributed by atoms with Gasteiger partial charge in [-0.1, -0.05) is 12.1 Å². The molecule has 3 rings (SSSR count). The molecule has 1 amide bonds. The molecule has 0 spiro atoms. The Morgan fingerprint density at radius 3 is 2.75 bits per heavy atom. The Labute approximate surface area is 165 Å². The number of carbonyl (C=O) groups excluding carboxylic acids is 1. The Kier molecular flexibility index (Phi) is 6.57. The van der Waals surface area contributed by atoms with Gasteiger partial charge in [0.2, 0.25) is 11.9 Å². The number of methoxy groups -OCH3 is 1. The van der Waals surface area contributed by atoms with E-state index in [1.54, 1.807) is 25.4 Å². The summed E-state index contributed by atoms with van der Waals surface area (Å²) in [6.45, 7) is 1.82. The Bertz CT molecular complexity index is 811. The van der Waals surface area contributed by atoms with E-state index in [9.17, 15) is 9.18 Å². The molecule has 1 aliphatic heterocycles. The summed E-state index contributed by atoms with van der Waals surface area (Å²) in [7, 11) is 5.40. The Hall–Kier alpha value is -2.54. The molecule has 0 N–H and O–H groups in total. The minimum atomic E-state index is -0.274. The van der Waals surface area contributed by atoms with Crippen LogP contribution >= 0.6 is 0 Å². The molecule has 2 heterocycles. The van der Waals surface area contributed by atoms with Crippen LogP contribution < -0.4 is 4.90 Å². The number of nitrogens with zero attached hydrogens (tertiary/aromatic N) is 4. The molecule has 0 aliphatic carbocycles. The molecule has 1 saturated heterocycles. The third-order valence-corrected chi connectivity index (χ3v) is 5.04. The van der Waals surface area contributed by atoms with Gasteiger partial charge in [-0.2, -0.15) is 0 Å². The summed E-state index contributed by atoms with van der Waals surface area (Å²) in [4.78, 5) is 25.5. The number of ether oxygens (including phenoxy) is 1. The highest BCUT2D eigenvalue weighted by molar-refractivity contribution is 5.76. The molecule has 7 heteroatoms. The molecule has 150 valence electrons. The number of anilines is 1. The van der Waals surface area contributed by atoms with Crippen LogP contribution in [0, 0.1) is 5.82 Å². The van der Waals surface area contributed by atoms with Gasteiger partial charge in [-0.25, -0.2) is 14.4 Å². The molecule has 28 heavy (non-hydrogen) atoms. The van der Waals surface area contributed by atoms with Crippen LogP contribution in [-0.2, 0) is 9.53 Å². The number of amides is 1. The highest BCUT2D eigenvalue weighted by Gasteiger charge is 2.28. The van der Waals surface area contributed by atoms with Crippen LogP contribution in [0.1, 0.15) is 30.9 Å². The predicted molar refractivity (Wildman–Crippen MR) is 107 cm³/mol. The van der Waals surface area contributed by atoms with E-state index >= 15 is 0 Å². The maximum atomic E-state index is 13.4. The first kappa shape index (κ1) is 20.2. The second-order valence-electron chi connectivity index (χ2n) is 7.29. The summed E-state index contributed by atoms with van der Waals surface area (Å²) in [6.07, 6.45) is 4.07. The summed E-state index contributed by atoms with van der Waals surface area (Å²) >= 11 is 0. The van der Waals surface area contributed by atoms with E-state index in [2.05, 4.69) is 4.98 Å². The number of rotatable bonds is 6. The summed E-state index contributed by atoms with van der Waals surface area (Å²) < 4.78 is 18.4. The minimum Gasteiger partial charge on any atom is -0.384 e. The van der Waals surface area contributed by atoms with Crippen LogP contribution in [0.2, 0.25) is 0 Å². The average molecular weight is 386 g/mol. The van der Waals surface area contributed by atoms with Crippen molar-refractivity contribution in [3.8, 4) is 11.1 Å². The van der Waals surface area contributed by atoms with Crippen molar-refractivity contribution >= 4 is 11.9 Å². The molecular formula is C21H27FN4O2. The van der Waals surface area contributed by atoms with Gasteiger partial charge in [0.15, 0.2) is 0 Å². The van der Waals surface area contributed by atoms with E-state index in [4.69, 9.17) is 9.72 Å². The molecule has 1 fully saturated rings. The smallest absolute Gasteiger partial charge is 0.225 e. The summed E-state index contributed by atoms with van der Waals surface area (Å²) in [6, 6.07) is 6.38. The fraction of sp³-hybridized carbons (Fsp3) is 0.476. The molecule has 0 bridgehead atoms. The maximum absolute atomic E-state index is 13.4. The third kappa shape index (κ3) is 4.65. The molecule has 2 aromatic rings. The molecule has 0 radical (unpaired) electrons. The topological polar surface area (TPSA) is 58.6 Å². The lowest BCUT2D eigenvalue weighted by Crippen LogP contribution is -2.39. The number of benzene rings is 1. The largest absolute Gasteiger partial charge is 0.384 e. The van der Waals surface area contributed by atoms with Crippen molar-refractivity contribution in [1.29, 1.82) is 0 Å². The Morgan fingerprint density at radius 1 is 1.32 bits per heavy atom. The molecule has 0 saturated carbocycles. The van der Waals surface area contributed by atoms with Gasteiger partial charge in [-0.15, -0.1) is 0 Å². The van der Waals surface area contributed by atoms with Gasteiger partial charge in [-0.05, 0) is 30.5 Å². The SMILES string of the molecule is COCCC(=O)N1CCC[C@@H](c2nc(N(C)C)ncc2-c2ccc(F)cc2)C1. The summed E-state index contributed by atoms with van der Waals surface area (Å²) in [5, 5.41) is 0. The van der Waals surface area contributed by atoms with Crippen LogP contribution in [0.4, 0.5) is 10.3 Å². The lowest BCUT2D eigenvalue weighted by atomic mass is 9.89. The van der Waals surface area contributed by atoms with Gasteiger partial charge in [0.25, 0.3) is 0 Å². The van der Waals surface area contributed by atoms with Crippen molar-refractivity contribution in [3.63, 3.8) is 0 Å². The van der Waals surface area contributed by atoms with Gasteiger partial charge < -0.3 is 14.5 Å². The van der Waals surface area contributed by atoms with E-state index in [1.165, 1.54) is 12.1 Å². The second-order valence-corrected chi connectivity index (χ2v) is 7.29. The van der Waals surface area contributed by atoms with E-state index in [0.717, 1.165) is 36.2 Å². The lowest BCUT2D eigenvalue weighted by Gasteiger charge is -2.33. The van der Waals surface area contributed by atoms with E-state index < -0.39 is 0 Å². The van der Waals surface area contributed by atoms with Crippen LogP contribution in [-0.4, -0.2) is 61.7 Å². The lowest BCUT2D eigenvalue weighted by molar-refractivity contribution is -0.133. The molecule has 1 aliphatic rings. The predicted octanol–water partition coefficient (Wildman–Crippen LogP) is 3.09. The number of halogens is 1. The Morgan fingerprint density at radius 2 is 2.07 bits per heavy atom. The standard InChI is InChI=1S/C21H27FN4O2/c1-25(2)21-23-13-18(15-6-8-17(22)9-7-15)20(24-21)16-5-4-11-26(14-16)19(27)10-12-28-3/h6-9,13,16H,4-5,10-12,14H2,1-3H3/t16-/m1/s1. The highest BCUT2D eigenvalue weighted by Crippen LogP contribution is 2.34.